The molecule has 0 aromatic heterocycles. The lowest BCUT2D eigenvalue weighted by atomic mass is 9.35. The second kappa shape index (κ2) is 9.24. The average molecular weight is 501 g/mol. The van der Waals surface area contributed by atoms with Gasteiger partial charge in [0.25, 0.3) is 0 Å². The van der Waals surface area contributed by atoms with E-state index in [2.05, 4.69) is 47.6 Å². The number of aliphatic hydroxyl groups is 1. The van der Waals surface area contributed by atoms with Gasteiger partial charge < -0.3 is 9.84 Å². The Morgan fingerprint density at radius 1 is 1.00 bits per heavy atom. The van der Waals surface area contributed by atoms with E-state index >= 15 is 0 Å². The number of fused-ring (bicyclic) bond motifs is 5. The van der Waals surface area contributed by atoms with Gasteiger partial charge in [-0.05, 0) is 117 Å². The van der Waals surface area contributed by atoms with Gasteiger partial charge in [0.2, 0.25) is 0 Å². The van der Waals surface area contributed by atoms with Crippen molar-refractivity contribution in [3.05, 3.63) is 11.6 Å². The molecule has 1 N–H and O–H groups in total. The van der Waals surface area contributed by atoms with Crippen LogP contribution in [0.25, 0.3) is 0 Å². The summed E-state index contributed by atoms with van der Waals surface area (Å²) in [6.07, 6.45) is 12.6. The molecule has 0 bridgehead atoms. The van der Waals surface area contributed by atoms with Crippen LogP contribution in [0.3, 0.4) is 0 Å². The molecule has 4 aliphatic rings. The molecule has 0 radical (unpaired) electrons. The maximum atomic E-state index is 12.9. The van der Waals surface area contributed by atoms with Crippen LogP contribution in [0, 0.1) is 45.3 Å². The molecular weight excluding hydrogens is 448 g/mol. The van der Waals surface area contributed by atoms with E-state index in [9.17, 15) is 14.7 Å². The van der Waals surface area contributed by atoms with E-state index in [-0.39, 0.29) is 27.6 Å². The first kappa shape index (κ1) is 27.9. The number of rotatable bonds is 6. The molecule has 4 nitrogen and oxygen atoms in total. The minimum Gasteiger partial charge on any atom is -0.461 e. The second-order valence-electron chi connectivity index (χ2n) is 14.7. The van der Waals surface area contributed by atoms with Crippen LogP contribution < -0.4 is 0 Å². The summed E-state index contributed by atoms with van der Waals surface area (Å²) in [6.45, 7) is 18.0. The van der Waals surface area contributed by atoms with Crippen molar-refractivity contribution in [1.29, 1.82) is 0 Å². The van der Waals surface area contributed by atoms with Gasteiger partial charge in [-0.3, -0.25) is 9.59 Å². The molecule has 0 saturated heterocycles. The molecule has 0 amide bonds. The Bertz CT molecular complexity index is 915. The molecule has 0 unspecified atom stereocenters. The Morgan fingerprint density at radius 3 is 2.33 bits per heavy atom. The third-order valence-electron chi connectivity index (χ3n) is 12.6. The number of ketones is 1. The van der Waals surface area contributed by atoms with Gasteiger partial charge in [-0.25, -0.2) is 0 Å². The zero-order valence-electron chi connectivity index (χ0n) is 24.3. The van der Waals surface area contributed by atoms with Crippen molar-refractivity contribution >= 4 is 11.8 Å². The van der Waals surface area contributed by atoms with Gasteiger partial charge in [-0.15, -0.1) is 0 Å². The van der Waals surface area contributed by atoms with Crippen LogP contribution in [0.1, 0.15) is 120 Å². The summed E-state index contributed by atoms with van der Waals surface area (Å²) < 4.78 is 5.11. The van der Waals surface area contributed by atoms with Gasteiger partial charge in [0.15, 0.2) is 0 Å². The van der Waals surface area contributed by atoms with Gasteiger partial charge in [0.05, 0.1) is 5.60 Å². The summed E-state index contributed by atoms with van der Waals surface area (Å²) in [4.78, 5) is 24.0. The molecule has 4 rings (SSSR count). The number of esters is 1. The zero-order valence-corrected chi connectivity index (χ0v) is 24.3. The second-order valence-corrected chi connectivity index (χ2v) is 14.7. The highest BCUT2D eigenvalue weighted by molar-refractivity contribution is 5.85. The van der Waals surface area contributed by atoms with Crippen LogP contribution in [0.2, 0.25) is 0 Å². The Balaban J connectivity index is 1.51. The Hall–Kier alpha value is -1.16. The lowest BCUT2D eigenvalue weighted by Gasteiger charge is -2.69. The van der Waals surface area contributed by atoms with Gasteiger partial charge in [0.1, 0.15) is 12.4 Å². The van der Waals surface area contributed by atoms with Gasteiger partial charge in [-0.1, -0.05) is 40.7 Å². The van der Waals surface area contributed by atoms with Crippen LogP contribution >= 0.6 is 0 Å². The van der Waals surface area contributed by atoms with E-state index in [0.29, 0.717) is 36.1 Å². The maximum Gasteiger partial charge on any atom is 0.302 e. The van der Waals surface area contributed by atoms with Gasteiger partial charge >= 0.3 is 5.97 Å². The van der Waals surface area contributed by atoms with E-state index in [1.807, 2.05) is 6.92 Å². The summed E-state index contributed by atoms with van der Waals surface area (Å²) in [6, 6.07) is 0. The quantitative estimate of drug-likeness (QED) is 0.307. The van der Waals surface area contributed by atoms with Gasteiger partial charge in [0, 0.05) is 18.8 Å². The SMILES string of the molecule is CC(=O)OC/C(C)=C/CC[C@](C)(O)[C@H]1CC[C@]2(C)[C@@H]1CC[C@@H]1[C@@]3(C)CCC(=O)C(C)(C)[C@@H]3CC[C@]12C. The fraction of sp³-hybridized carbons (Fsp3) is 0.875. The van der Waals surface area contributed by atoms with Crippen LogP contribution in [-0.2, 0) is 14.3 Å². The Kier molecular flexibility index (Phi) is 7.15. The lowest BCUT2D eigenvalue weighted by Crippen LogP contribution is -2.63. The minimum atomic E-state index is -0.690. The Morgan fingerprint density at radius 2 is 1.67 bits per heavy atom. The molecule has 4 heteroatoms. The smallest absolute Gasteiger partial charge is 0.302 e. The molecule has 0 aromatic rings. The third kappa shape index (κ3) is 4.22. The summed E-state index contributed by atoms with van der Waals surface area (Å²) in [5.74, 6) is 2.26. The van der Waals surface area contributed by atoms with Crippen LogP contribution in [0.4, 0.5) is 0 Å². The summed E-state index contributed by atoms with van der Waals surface area (Å²) in [5, 5.41) is 11.8. The highest BCUT2D eigenvalue weighted by Crippen LogP contribution is 2.75. The first-order chi connectivity index (χ1) is 16.6. The number of ether oxygens (including phenoxy) is 1. The summed E-state index contributed by atoms with van der Waals surface area (Å²) in [7, 11) is 0. The van der Waals surface area contributed by atoms with Crippen molar-refractivity contribution in [2.45, 2.75) is 125 Å². The largest absolute Gasteiger partial charge is 0.461 e. The van der Waals surface area contributed by atoms with E-state index in [1.54, 1.807) is 0 Å². The first-order valence-electron chi connectivity index (χ1n) is 14.6. The lowest BCUT2D eigenvalue weighted by molar-refractivity contribution is -0.207. The molecule has 8 atom stereocenters. The maximum absolute atomic E-state index is 12.9. The number of hydrogen-bond acceptors (Lipinski definition) is 4. The molecule has 36 heavy (non-hydrogen) atoms. The fourth-order valence-electron chi connectivity index (χ4n) is 10.4. The van der Waals surface area contributed by atoms with E-state index in [4.69, 9.17) is 4.74 Å². The Labute approximate surface area is 220 Å². The molecule has 0 aliphatic heterocycles. The highest BCUT2D eigenvalue weighted by atomic mass is 16.5. The third-order valence-corrected chi connectivity index (χ3v) is 12.6. The topological polar surface area (TPSA) is 63.6 Å². The fourth-order valence-corrected chi connectivity index (χ4v) is 10.4. The monoisotopic (exact) mass is 500 g/mol. The van der Waals surface area contributed by atoms with Gasteiger partial charge in [-0.2, -0.15) is 0 Å². The minimum absolute atomic E-state index is 0.199. The molecule has 4 fully saturated rings. The molecule has 0 heterocycles. The van der Waals surface area contributed by atoms with Crippen molar-refractivity contribution in [2.24, 2.45) is 45.3 Å². The number of carbonyl (C=O) groups excluding carboxylic acids is 2. The molecule has 0 spiro atoms. The van der Waals surface area contributed by atoms with Crippen LogP contribution in [-0.4, -0.2) is 29.1 Å². The van der Waals surface area contributed by atoms with E-state index < -0.39 is 5.60 Å². The van der Waals surface area contributed by atoms with E-state index in [0.717, 1.165) is 44.1 Å². The molecule has 4 aliphatic carbocycles. The number of carbonyl (C=O) groups is 2. The highest BCUT2D eigenvalue weighted by Gasteiger charge is 2.69. The first-order valence-corrected chi connectivity index (χ1v) is 14.6. The van der Waals surface area contributed by atoms with Crippen molar-refractivity contribution < 1.29 is 19.4 Å². The normalized spacial score (nSPS) is 43.7. The summed E-state index contributed by atoms with van der Waals surface area (Å²) in [5.41, 5.74) is 0.903. The predicted octanol–water partition coefficient (Wildman–Crippen LogP) is 7.28. The number of Topliss-reactive ketones (excluding diaryl/α,β-unsaturated/α-hetero) is 1. The molecule has 0 aromatic carbocycles. The molecule has 4 saturated carbocycles. The predicted molar refractivity (Wildman–Crippen MR) is 144 cm³/mol. The summed E-state index contributed by atoms with van der Waals surface area (Å²) >= 11 is 0. The molecular formula is C32H52O4. The number of allylic oxidation sites excluding steroid dienone is 1. The van der Waals surface area contributed by atoms with Crippen LogP contribution in [0.5, 0.6) is 0 Å². The van der Waals surface area contributed by atoms with E-state index in [1.165, 1.54) is 32.6 Å². The number of hydrogen-bond donors (Lipinski definition) is 1. The standard InChI is InChI=1S/C32H52O4/c1-21(20-36-22(2)33)10-9-16-32(8,35)24-13-18-30(6)23(24)11-12-26-29(5)17-15-27(34)28(3,4)25(29)14-19-31(26,30)7/h10,23-26,35H,9,11-20H2,1-8H3/b21-10+/t23-,24+,25+,26-,29+,30-,31-,32+/m1/s1. The van der Waals surface area contributed by atoms with Crippen molar-refractivity contribution in [1.82, 2.24) is 0 Å². The average Bonchev–Trinajstić information content (AvgIpc) is 3.14. The van der Waals surface area contributed by atoms with Crippen LogP contribution in [0.15, 0.2) is 11.6 Å². The zero-order chi connectivity index (χ0) is 26.7. The van der Waals surface area contributed by atoms with Crippen molar-refractivity contribution in [3.63, 3.8) is 0 Å². The van der Waals surface area contributed by atoms with Crippen molar-refractivity contribution in [3.8, 4) is 0 Å². The molecule has 204 valence electrons. The van der Waals surface area contributed by atoms with Crippen molar-refractivity contribution in [2.75, 3.05) is 6.61 Å².